The highest BCUT2D eigenvalue weighted by atomic mass is 16.6. The van der Waals surface area contributed by atoms with E-state index in [1.165, 1.54) is 231 Å². The van der Waals surface area contributed by atoms with Crippen molar-refractivity contribution in [3.8, 4) is 0 Å². The monoisotopic (exact) mass is 1090 g/mol. The van der Waals surface area contributed by atoms with Crippen LogP contribution in [-0.2, 0) is 28.6 Å². The molecule has 0 radical (unpaired) electrons. The van der Waals surface area contributed by atoms with Crippen LogP contribution in [0.15, 0.2) is 60.8 Å². The quantitative estimate of drug-likeness (QED) is 0.0261. The van der Waals surface area contributed by atoms with E-state index in [0.717, 1.165) is 89.9 Å². The molecule has 0 fully saturated rings. The molecule has 0 aliphatic heterocycles. The largest absolute Gasteiger partial charge is 0.462 e. The summed E-state index contributed by atoms with van der Waals surface area (Å²) in [6.45, 7) is 6.66. The van der Waals surface area contributed by atoms with Crippen LogP contribution in [0.25, 0.3) is 0 Å². The number of ether oxygens (including phenoxy) is 3. The lowest BCUT2D eigenvalue weighted by atomic mass is 10.0. The number of carbonyl (C=O) groups excluding carboxylic acids is 3. The third kappa shape index (κ3) is 63.9. The standard InChI is InChI=1S/C72H130O6/c1-4-7-10-13-16-19-22-25-28-31-33-35-36-38-39-41-44-47-50-53-56-59-62-65-71(74)77-68-69(67-76-70(73)64-61-58-55-52-49-46-43-30-27-24-21-18-15-12-9-6-3)78-72(75)66-63-60-57-54-51-48-45-42-40-37-34-32-29-26-23-20-17-14-11-8-5-2/h23,26,30-34,40,42-43,69H,4-22,24-25,27-29,35-39,41,44-68H2,1-3H3/b26-23-,33-31-,34-32-,42-40-,43-30-. The topological polar surface area (TPSA) is 78.9 Å². The Hall–Kier alpha value is -2.89. The normalized spacial score (nSPS) is 12.4. The van der Waals surface area contributed by atoms with Crippen LogP contribution in [0.5, 0.6) is 0 Å². The molecule has 6 nitrogen and oxygen atoms in total. The van der Waals surface area contributed by atoms with Gasteiger partial charge in [-0.3, -0.25) is 14.4 Å². The molecule has 0 aliphatic rings. The molecule has 0 aromatic rings. The fourth-order valence-electron chi connectivity index (χ4n) is 10.0. The molecule has 6 heteroatoms. The molecule has 0 aromatic carbocycles. The summed E-state index contributed by atoms with van der Waals surface area (Å²) < 4.78 is 17.0. The first kappa shape index (κ1) is 75.1. The maximum atomic E-state index is 12.9. The molecule has 0 aliphatic carbocycles. The van der Waals surface area contributed by atoms with Gasteiger partial charge < -0.3 is 14.2 Å². The number of hydrogen-bond acceptors (Lipinski definition) is 6. The van der Waals surface area contributed by atoms with Crippen molar-refractivity contribution in [3.63, 3.8) is 0 Å². The van der Waals surface area contributed by atoms with Crippen LogP contribution in [0.4, 0.5) is 0 Å². The average Bonchev–Trinajstić information content (AvgIpc) is 3.44. The van der Waals surface area contributed by atoms with Crippen molar-refractivity contribution in [2.45, 2.75) is 367 Å². The molecule has 1 unspecified atom stereocenters. The zero-order valence-corrected chi connectivity index (χ0v) is 52.2. The molecular weight excluding hydrogens is 961 g/mol. The zero-order chi connectivity index (χ0) is 56.4. The van der Waals surface area contributed by atoms with Gasteiger partial charge in [-0.1, -0.05) is 293 Å². The van der Waals surface area contributed by atoms with Crippen LogP contribution in [0, 0.1) is 0 Å². The predicted octanol–water partition coefficient (Wildman–Crippen LogP) is 23.5. The summed E-state index contributed by atoms with van der Waals surface area (Å²) in [5, 5.41) is 0. The van der Waals surface area contributed by atoms with E-state index < -0.39 is 6.10 Å². The Balaban J connectivity index is 4.36. The van der Waals surface area contributed by atoms with Gasteiger partial charge in [0, 0.05) is 19.3 Å². The second kappa shape index (κ2) is 66.6. The lowest BCUT2D eigenvalue weighted by molar-refractivity contribution is -0.167. The third-order valence-corrected chi connectivity index (χ3v) is 15.2. The average molecular weight is 1090 g/mol. The molecule has 454 valence electrons. The van der Waals surface area contributed by atoms with Gasteiger partial charge in [0.15, 0.2) is 6.10 Å². The fourth-order valence-corrected chi connectivity index (χ4v) is 10.0. The highest BCUT2D eigenvalue weighted by Gasteiger charge is 2.19. The van der Waals surface area contributed by atoms with Crippen LogP contribution in [-0.4, -0.2) is 37.2 Å². The molecule has 78 heavy (non-hydrogen) atoms. The molecule has 0 amide bonds. The number of allylic oxidation sites excluding steroid dienone is 10. The first-order valence-corrected chi connectivity index (χ1v) is 34.3. The van der Waals surface area contributed by atoms with Crippen molar-refractivity contribution in [2.24, 2.45) is 0 Å². The number of unbranched alkanes of at least 4 members (excludes halogenated alkanes) is 42. The van der Waals surface area contributed by atoms with Gasteiger partial charge in [0.2, 0.25) is 0 Å². The van der Waals surface area contributed by atoms with E-state index in [2.05, 4.69) is 81.5 Å². The second-order valence-electron chi connectivity index (χ2n) is 23.1. The van der Waals surface area contributed by atoms with Gasteiger partial charge in [-0.2, -0.15) is 0 Å². The van der Waals surface area contributed by atoms with Gasteiger partial charge in [-0.25, -0.2) is 0 Å². The summed E-state index contributed by atoms with van der Waals surface area (Å²) in [7, 11) is 0. The lowest BCUT2D eigenvalue weighted by Crippen LogP contribution is -2.30. The minimum absolute atomic E-state index is 0.0806. The lowest BCUT2D eigenvalue weighted by Gasteiger charge is -2.18. The summed E-state index contributed by atoms with van der Waals surface area (Å²) in [4.78, 5) is 38.4. The van der Waals surface area contributed by atoms with E-state index >= 15 is 0 Å². The molecular formula is C72H130O6. The van der Waals surface area contributed by atoms with Crippen LogP contribution >= 0.6 is 0 Å². The number of rotatable bonds is 63. The minimum atomic E-state index is -0.786. The molecule has 1 atom stereocenters. The van der Waals surface area contributed by atoms with E-state index in [9.17, 15) is 14.4 Å². The molecule has 0 spiro atoms. The van der Waals surface area contributed by atoms with Crippen LogP contribution in [0.1, 0.15) is 361 Å². The van der Waals surface area contributed by atoms with E-state index in [4.69, 9.17) is 14.2 Å². The number of hydrogen-bond donors (Lipinski definition) is 0. The molecule has 0 bridgehead atoms. The summed E-state index contributed by atoms with van der Waals surface area (Å²) in [5.41, 5.74) is 0. The summed E-state index contributed by atoms with van der Waals surface area (Å²) in [6.07, 6.45) is 85.2. The van der Waals surface area contributed by atoms with Gasteiger partial charge in [0.05, 0.1) is 0 Å². The van der Waals surface area contributed by atoms with Gasteiger partial charge >= 0.3 is 17.9 Å². The molecule has 0 saturated heterocycles. The Morgan fingerprint density at radius 2 is 0.462 bits per heavy atom. The van der Waals surface area contributed by atoms with Crippen molar-refractivity contribution < 1.29 is 28.6 Å². The summed E-state index contributed by atoms with van der Waals surface area (Å²) >= 11 is 0. The summed E-state index contributed by atoms with van der Waals surface area (Å²) in [6, 6.07) is 0. The fraction of sp³-hybridized carbons (Fsp3) is 0.819. The maximum absolute atomic E-state index is 12.9. The van der Waals surface area contributed by atoms with Gasteiger partial charge in [0.1, 0.15) is 13.2 Å². The zero-order valence-electron chi connectivity index (χ0n) is 52.2. The Morgan fingerprint density at radius 1 is 0.256 bits per heavy atom. The van der Waals surface area contributed by atoms with Gasteiger partial charge in [-0.15, -0.1) is 0 Å². The first-order chi connectivity index (χ1) is 38.5. The highest BCUT2D eigenvalue weighted by Crippen LogP contribution is 2.17. The van der Waals surface area contributed by atoms with E-state index in [1.54, 1.807) is 0 Å². The van der Waals surface area contributed by atoms with Crippen molar-refractivity contribution in [1.29, 1.82) is 0 Å². The molecule has 0 heterocycles. The van der Waals surface area contributed by atoms with Gasteiger partial charge in [-0.05, 0) is 109 Å². The summed E-state index contributed by atoms with van der Waals surface area (Å²) in [5.74, 6) is -0.882. The molecule has 0 aromatic heterocycles. The van der Waals surface area contributed by atoms with E-state index in [1.807, 2.05) is 0 Å². The second-order valence-corrected chi connectivity index (χ2v) is 23.1. The van der Waals surface area contributed by atoms with Crippen molar-refractivity contribution >= 4 is 17.9 Å². The van der Waals surface area contributed by atoms with E-state index in [0.29, 0.717) is 19.3 Å². The molecule has 0 rings (SSSR count). The van der Waals surface area contributed by atoms with Crippen molar-refractivity contribution in [2.75, 3.05) is 13.2 Å². The molecule has 0 saturated carbocycles. The Bertz CT molecular complexity index is 1390. The SMILES string of the molecule is CCCCCCC/C=C\C/C=C\C/C=C\CCCCCCCCC(=O)OC(COC(=O)CCCCCCC/C=C\CCCCCCCCC)COC(=O)CCCCCCCCCCCCC/C=C\CCCCCCCCCC. The van der Waals surface area contributed by atoms with E-state index in [-0.39, 0.29) is 31.1 Å². The number of esters is 3. The third-order valence-electron chi connectivity index (χ3n) is 15.2. The van der Waals surface area contributed by atoms with Crippen LogP contribution in [0.2, 0.25) is 0 Å². The van der Waals surface area contributed by atoms with Crippen LogP contribution < -0.4 is 0 Å². The smallest absolute Gasteiger partial charge is 0.306 e. The Kier molecular flexibility index (Phi) is 64.2. The first-order valence-electron chi connectivity index (χ1n) is 34.3. The highest BCUT2D eigenvalue weighted by molar-refractivity contribution is 5.71. The Labute approximate surface area is 485 Å². The van der Waals surface area contributed by atoms with Crippen molar-refractivity contribution in [3.05, 3.63) is 60.8 Å². The Morgan fingerprint density at radius 3 is 0.731 bits per heavy atom. The van der Waals surface area contributed by atoms with Crippen LogP contribution in [0.3, 0.4) is 0 Å². The molecule has 0 N–H and O–H groups in total. The minimum Gasteiger partial charge on any atom is -0.462 e. The number of carbonyl (C=O) groups is 3. The van der Waals surface area contributed by atoms with Crippen molar-refractivity contribution in [1.82, 2.24) is 0 Å². The maximum Gasteiger partial charge on any atom is 0.306 e. The van der Waals surface area contributed by atoms with Gasteiger partial charge in [0.25, 0.3) is 0 Å². The predicted molar refractivity (Wildman–Crippen MR) is 339 cm³/mol.